The van der Waals surface area contributed by atoms with Gasteiger partial charge in [0, 0.05) is 54.9 Å². The van der Waals surface area contributed by atoms with Crippen LogP contribution in [0.5, 0.6) is 0 Å². The molecule has 1 amide bonds. The molecule has 1 aliphatic heterocycles. The minimum Gasteiger partial charge on any atom is -0.379 e. The molecule has 0 bridgehead atoms. The predicted molar refractivity (Wildman–Crippen MR) is 104 cm³/mol. The van der Waals surface area contributed by atoms with Crippen LogP contribution in [0, 0.1) is 0 Å². The number of fused-ring (bicyclic) bond motifs is 3. The number of carbonyl (C=O) groups is 1. The number of ether oxygens (including phenoxy) is 1. The van der Waals surface area contributed by atoms with E-state index < -0.39 is 0 Å². The van der Waals surface area contributed by atoms with Crippen molar-refractivity contribution in [3.63, 3.8) is 0 Å². The van der Waals surface area contributed by atoms with E-state index in [4.69, 9.17) is 4.74 Å². The van der Waals surface area contributed by atoms with E-state index in [0.717, 1.165) is 51.4 Å². The number of rotatable bonds is 5. The Hall–Kier alpha value is -1.85. The Morgan fingerprint density at radius 2 is 2.00 bits per heavy atom. The standard InChI is InChI=1S/C21H29N3O2/c1-2-24-19-6-4-3-5-17(19)18-15-16(7-8-20(18)24)21(25)22-9-10-23-11-13-26-14-12-23/h7-8,15H,2-6,9-14H2,1H3,(H,22,25). The van der Waals surface area contributed by atoms with Crippen LogP contribution >= 0.6 is 0 Å². The second-order valence-corrected chi connectivity index (χ2v) is 7.32. The van der Waals surface area contributed by atoms with Crippen LogP contribution in [0.2, 0.25) is 0 Å². The Bertz CT molecular complexity index is 790. The molecule has 2 aliphatic rings. The lowest BCUT2D eigenvalue weighted by Gasteiger charge is -2.26. The summed E-state index contributed by atoms with van der Waals surface area (Å²) in [4.78, 5) is 15.0. The summed E-state index contributed by atoms with van der Waals surface area (Å²) in [7, 11) is 0. The van der Waals surface area contributed by atoms with Crippen molar-refractivity contribution < 1.29 is 9.53 Å². The van der Waals surface area contributed by atoms with E-state index in [1.165, 1.54) is 41.4 Å². The van der Waals surface area contributed by atoms with Gasteiger partial charge in [0.2, 0.25) is 0 Å². The van der Waals surface area contributed by atoms with Gasteiger partial charge in [-0.15, -0.1) is 0 Å². The van der Waals surface area contributed by atoms with E-state index in [1.54, 1.807) is 0 Å². The van der Waals surface area contributed by atoms with Gasteiger partial charge >= 0.3 is 0 Å². The van der Waals surface area contributed by atoms with Crippen LogP contribution in [0.25, 0.3) is 10.9 Å². The molecule has 4 rings (SSSR count). The smallest absolute Gasteiger partial charge is 0.251 e. The third kappa shape index (κ3) is 3.38. The Morgan fingerprint density at radius 1 is 1.19 bits per heavy atom. The van der Waals surface area contributed by atoms with Gasteiger partial charge in [-0.05, 0) is 56.4 Å². The summed E-state index contributed by atoms with van der Waals surface area (Å²) in [5, 5.41) is 4.36. The van der Waals surface area contributed by atoms with Crippen LogP contribution in [0.15, 0.2) is 18.2 Å². The quantitative estimate of drug-likeness (QED) is 0.897. The number of morpholine rings is 1. The van der Waals surface area contributed by atoms with Crippen molar-refractivity contribution in [2.45, 2.75) is 39.2 Å². The SMILES string of the molecule is CCn1c2c(c3cc(C(=O)NCCN4CCOCC4)ccc31)CCCC2. The second-order valence-electron chi connectivity index (χ2n) is 7.32. The van der Waals surface area contributed by atoms with Crippen LogP contribution in [0.3, 0.4) is 0 Å². The molecular formula is C21H29N3O2. The average Bonchev–Trinajstić information content (AvgIpc) is 3.01. The highest BCUT2D eigenvalue weighted by atomic mass is 16.5. The molecule has 1 aliphatic carbocycles. The molecule has 2 heterocycles. The maximum Gasteiger partial charge on any atom is 0.251 e. The number of aromatic nitrogens is 1. The number of carbonyl (C=O) groups excluding carboxylic acids is 1. The first-order chi connectivity index (χ1) is 12.8. The zero-order chi connectivity index (χ0) is 17.9. The summed E-state index contributed by atoms with van der Waals surface area (Å²) in [6, 6.07) is 6.22. The zero-order valence-electron chi connectivity index (χ0n) is 15.7. The van der Waals surface area contributed by atoms with Crippen molar-refractivity contribution in [2.24, 2.45) is 0 Å². The number of hydrogen-bond acceptors (Lipinski definition) is 3. The van der Waals surface area contributed by atoms with Crippen LogP contribution < -0.4 is 5.32 Å². The molecule has 5 heteroatoms. The van der Waals surface area contributed by atoms with Gasteiger partial charge in [0.1, 0.15) is 0 Å². The summed E-state index contributed by atoms with van der Waals surface area (Å²) >= 11 is 0. The molecule has 1 N–H and O–H groups in total. The Balaban J connectivity index is 1.48. The molecule has 2 aromatic rings. The largest absolute Gasteiger partial charge is 0.379 e. The fourth-order valence-corrected chi connectivity index (χ4v) is 4.39. The summed E-state index contributed by atoms with van der Waals surface area (Å²) < 4.78 is 7.80. The lowest BCUT2D eigenvalue weighted by molar-refractivity contribution is 0.0383. The highest BCUT2D eigenvalue weighted by Gasteiger charge is 2.20. The van der Waals surface area contributed by atoms with Crippen molar-refractivity contribution in [3.8, 4) is 0 Å². The van der Waals surface area contributed by atoms with Gasteiger partial charge in [-0.25, -0.2) is 0 Å². The van der Waals surface area contributed by atoms with Crippen molar-refractivity contribution in [2.75, 3.05) is 39.4 Å². The monoisotopic (exact) mass is 355 g/mol. The molecule has 1 fully saturated rings. The molecule has 0 atom stereocenters. The summed E-state index contributed by atoms with van der Waals surface area (Å²) in [6.45, 7) is 8.28. The molecule has 5 nitrogen and oxygen atoms in total. The van der Waals surface area contributed by atoms with Crippen molar-refractivity contribution in [1.82, 2.24) is 14.8 Å². The van der Waals surface area contributed by atoms with Gasteiger partial charge in [-0.3, -0.25) is 9.69 Å². The van der Waals surface area contributed by atoms with E-state index in [2.05, 4.69) is 33.8 Å². The van der Waals surface area contributed by atoms with Crippen molar-refractivity contribution in [3.05, 3.63) is 35.0 Å². The molecule has 0 spiro atoms. The van der Waals surface area contributed by atoms with Gasteiger partial charge in [0.25, 0.3) is 5.91 Å². The Kier molecular flexibility index (Phi) is 5.27. The highest BCUT2D eigenvalue weighted by molar-refractivity contribution is 5.99. The molecule has 1 saturated heterocycles. The van der Waals surface area contributed by atoms with Gasteiger partial charge in [0.15, 0.2) is 0 Å². The maximum absolute atomic E-state index is 12.6. The first-order valence-corrected chi connectivity index (χ1v) is 10.00. The van der Waals surface area contributed by atoms with E-state index in [-0.39, 0.29) is 5.91 Å². The van der Waals surface area contributed by atoms with Gasteiger partial charge < -0.3 is 14.6 Å². The number of aryl methyl sites for hydroxylation is 2. The third-order valence-corrected chi connectivity index (χ3v) is 5.77. The second kappa shape index (κ2) is 7.80. The number of amides is 1. The van der Waals surface area contributed by atoms with E-state index in [1.807, 2.05) is 6.07 Å². The number of nitrogens with zero attached hydrogens (tertiary/aromatic N) is 2. The maximum atomic E-state index is 12.6. The van der Waals surface area contributed by atoms with Crippen LogP contribution in [-0.4, -0.2) is 54.8 Å². The number of nitrogens with one attached hydrogen (secondary N) is 1. The molecule has 1 aromatic carbocycles. The predicted octanol–water partition coefficient (Wildman–Crippen LogP) is 2.60. The molecule has 0 saturated carbocycles. The van der Waals surface area contributed by atoms with E-state index >= 15 is 0 Å². The first kappa shape index (κ1) is 17.6. The topological polar surface area (TPSA) is 46.5 Å². The lowest BCUT2D eigenvalue weighted by Crippen LogP contribution is -2.41. The molecular weight excluding hydrogens is 326 g/mol. The molecule has 1 aromatic heterocycles. The minimum atomic E-state index is 0.0361. The van der Waals surface area contributed by atoms with Gasteiger partial charge in [0.05, 0.1) is 13.2 Å². The Labute approximate surface area is 155 Å². The van der Waals surface area contributed by atoms with Crippen molar-refractivity contribution >= 4 is 16.8 Å². The normalized spacial score (nSPS) is 18.0. The van der Waals surface area contributed by atoms with Crippen LogP contribution in [0.1, 0.15) is 41.4 Å². The molecule has 0 unspecified atom stereocenters. The first-order valence-electron chi connectivity index (χ1n) is 10.00. The van der Waals surface area contributed by atoms with Crippen LogP contribution in [0.4, 0.5) is 0 Å². The fourth-order valence-electron chi connectivity index (χ4n) is 4.39. The Morgan fingerprint density at radius 3 is 2.81 bits per heavy atom. The summed E-state index contributed by atoms with van der Waals surface area (Å²) in [6.07, 6.45) is 4.84. The molecule has 26 heavy (non-hydrogen) atoms. The zero-order valence-corrected chi connectivity index (χ0v) is 15.7. The van der Waals surface area contributed by atoms with Gasteiger partial charge in [-0.2, -0.15) is 0 Å². The highest BCUT2D eigenvalue weighted by Crippen LogP contribution is 2.32. The number of benzene rings is 1. The van der Waals surface area contributed by atoms with E-state index in [0.29, 0.717) is 6.54 Å². The van der Waals surface area contributed by atoms with Crippen molar-refractivity contribution in [1.29, 1.82) is 0 Å². The number of hydrogen-bond donors (Lipinski definition) is 1. The minimum absolute atomic E-state index is 0.0361. The molecule has 140 valence electrons. The fraction of sp³-hybridized carbons (Fsp3) is 0.571. The van der Waals surface area contributed by atoms with Crippen LogP contribution in [-0.2, 0) is 24.1 Å². The lowest BCUT2D eigenvalue weighted by atomic mass is 9.95. The van der Waals surface area contributed by atoms with E-state index in [9.17, 15) is 4.79 Å². The van der Waals surface area contributed by atoms with Gasteiger partial charge in [-0.1, -0.05) is 0 Å². The summed E-state index contributed by atoms with van der Waals surface area (Å²) in [5.41, 5.74) is 5.01. The molecule has 0 radical (unpaired) electrons. The summed E-state index contributed by atoms with van der Waals surface area (Å²) in [5.74, 6) is 0.0361. The third-order valence-electron chi connectivity index (χ3n) is 5.77. The average molecular weight is 355 g/mol.